The highest BCUT2D eigenvalue weighted by molar-refractivity contribution is 6.07. The van der Waals surface area contributed by atoms with Gasteiger partial charge in [-0.15, -0.1) is 0 Å². The molecule has 2 aliphatic carbocycles. The highest BCUT2D eigenvalue weighted by Gasteiger charge is 2.52. The first kappa shape index (κ1) is 12.5. The topological polar surface area (TPSA) is 77.5 Å². The Kier molecular flexibility index (Phi) is 2.80. The largest absolute Gasteiger partial charge is 0.393 e. The fraction of sp³-hybridized carbons (Fsp3) is 0.714. The van der Waals surface area contributed by atoms with Crippen molar-refractivity contribution >= 4 is 23.5 Å². The van der Waals surface area contributed by atoms with Crippen LogP contribution in [0.3, 0.4) is 0 Å². The Balaban J connectivity index is 1.81. The Labute approximate surface area is 110 Å². The van der Waals surface area contributed by atoms with Crippen LogP contribution in [0.4, 0.5) is 0 Å². The Morgan fingerprint density at radius 2 is 1.58 bits per heavy atom. The molecule has 1 heterocycles. The first-order valence-electron chi connectivity index (χ1n) is 6.77. The SMILES string of the molecule is CC1CC2C(=O)OC(=O)C2CC1C1CC(=O)CC1=O. The Hall–Kier alpha value is -1.52. The summed E-state index contributed by atoms with van der Waals surface area (Å²) in [6.07, 6.45) is 1.41. The number of carbonyl (C=O) groups is 4. The van der Waals surface area contributed by atoms with Crippen molar-refractivity contribution in [1.82, 2.24) is 0 Å². The van der Waals surface area contributed by atoms with Crippen LogP contribution in [0.25, 0.3) is 0 Å². The molecule has 1 aliphatic heterocycles. The molecule has 19 heavy (non-hydrogen) atoms. The summed E-state index contributed by atoms with van der Waals surface area (Å²) in [5, 5.41) is 0. The summed E-state index contributed by atoms with van der Waals surface area (Å²) in [4.78, 5) is 46.4. The van der Waals surface area contributed by atoms with Crippen molar-refractivity contribution in [3.05, 3.63) is 0 Å². The maximum absolute atomic E-state index is 11.9. The van der Waals surface area contributed by atoms with Crippen molar-refractivity contribution in [3.8, 4) is 0 Å². The van der Waals surface area contributed by atoms with Crippen LogP contribution in [0.2, 0.25) is 0 Å². The second kappa shape index (κ2) is 4.25. The summed E-state index contributed by atoms with van der Waals surface area (Å²) in [7, 11) is 0. The third-order valence-corrected chi connectivity index (χ3v) is 4.92. The van der Waals surface area contributed by atoms with E-state index in [9.17, 15) is 19.2 Å². The molecule has 0 spiro atoms. The zero-order valence-corrected chi connectivity index (χ0v) is 10.8. The van der Waals surface area contributed by atoms with Gasteiger partial charge in [0.1, 0.15) is 11.6 Å². The van der Waals surface area contributed by atoms with Crippen LogP contribution in [0, 0.1) is 29.6 Å². The van der Waals surface area contributed by atoms with Crippen molar-refractivity contribution in [2.75, 3.05) is 0 Å². The van der Waals surface area contributed by atoms with Crippen molar-refractivity contribution in [2.45, 2.75) is 32.6 Å². The van der Waals surface area contributed by atoms with E-state index in [4.69, 9.17) is 0 Å². The monoisotopic (exact) mass is 264 g/mol. The molecule has 0 aromatic rings. The fourth-order valence-corrected chi connectivity index (χ4v) is 3.91. The van der Waals surface area contributed by atoms with Gasteiger partial charge in [-0.25, -0.2) is 0 Å². The van der Waals surface area contributed by atoms with Gasteiger partial charge in [-0.2, -0.15) is 0 Å². The third-order valence-electron chi connectivity index (χ3n) is 4.92. The fourth-order valence-electron chi connectivity index (χ4n) is 3.91. The minimum Gasteiger partial charge on any atom is -0.393 e. The van der Waals surface area contributed by atoms with Crippen LogP contribution in [0.15, 0.2) is 0 Å². The standard InChI is InChI=1S/C14H16O5/c1-6-2-10-11(14(18)19-13(10)17)5-8(6)9-3-7(15)4-12(9)16/h6,8-11H,2-5H2,1H3. The molecule has 0 bridgehead atoms. The van der Waals surface area contributed by atoms with Crippen LogP contribution < -0.4 is 0 Å². The van der Waals surface area contributed by atoms with E-state index in [1.807, 2.05) is 6.92 Å². The molecule has 102 valence electrons. The van der Waals surface area contributed by atoms with E-state index >= 15 is 0 Å². The maximum atomic E-state index is 11.9. The molecule has 0 aromatic heterocycles. The van der Waals surface area contributed by atoms with Gasteiger partial charge in [0.15, 0.2) is 0 Å². The number of carbonyl (C=O) groups excluding carboxylic acids is 4. The van der Waals surface area contributed by atoms with Crippen LogP contribution in [-0.2, 0) is 23.9 Å². The molecule has 0 amide bonds. The van der Waals surface area contributed by atoms with Crippen molar-refractivity contribution in [2.24, 2.45) is 29.6 Å². The summed E-state index contributed by atoms with van der Waals surface area (Å²) in [6, 6.07) is 0. The number of Topliss-reactive ketones (excluding diaryl/α,β-unsaturated/α-hetero) is 2. The van der Waals surface area contributed by atoms with Crippen LogP contribution in [0.5, 0.6) is 0 Å². The van der Waals surface area contributed by atoms with Gasteiger partial charge in [-0.3, -0.25) is 19.2 Å². The molecule has 1 saturated heterocycles. The van der Waals surface area contributed by atoms with Gasteiger partial charge >= 0.3 is 11.9 Å². The lowest BCUT2D eigenvalue weighted by Crippen LogP contribution is -2.37. The first-order valence-corrected chi connectivity index (χ1v) is 6.77. The van der Waals surface area contributed by atoms with E-state index in [1.165, 1.54) is 0 Å². The normalized spacial score (nSPS) is 42.5. The van der Waals surface area contributed by atoms with Gasteiger partial charge in [-0.05, 0) is 24.7 Å². The Bertz CT molecular complexity index is 480. The smallest absolute Gasteiger partial charge is 0.317 e. The average molecular weight is 264 g/mol. The molecule has 5 nitrogen and oxygen atoms in total. The van der Waals surface area contributed by atoms with Crippen molar-refractivity contribution in [1.29, 1.82) is 0 Å². The van der Waals surface area contributed by atoms with Gasteiger partial charge in [0.2, 0.25) is 0 Å². The second-order valence-corrected chi connectivity index (χ2v) is 6.06. The maximum Gasteiger partial charge on any atom is 0.317 e. The van der Waals surface area contributed by atoms with Gasteiger partial charge < -0.3 is 4.74 Å². The number of fused-ring (bicyclic) bond motifs is 1. The number of ether oxygens (including phenoxy) is 1. The zero-order valence-electron chi connectivity index (χ0n) is 10.8. The van der Waals surface area contributed by atoms with Gasteiger partial charge in [0, 0.05) is 12.3 Å². The first-order chi connectivity index (χ1) is 8.97. The van der Waals surface area contributed by atoms with E-state index in [0.717, 1.165) is 0 Å². The number of esters is 2. The number of hydrogen-bond donors (Lipinski definition) is 0. The summed E-state index contributed by atoms with van der Waals surface area (Å²) in [5.74, 6) is -1.70. The molecule has 5 heteroatoms. The molecule has 0 N–H and O–H groups in total. The Morgan fingerprint density at radius 3 is 2.16 bits per heavy atom. The molecular weight excluding hydrogens is 248 g/mol. The van der Waals surface area contributed by atoms with Crippen LogP contribution >= 0.6 is 0 Å². The summed E-state index contributed by atoms with van der Waals surface area (Å²) in [6.45, 7) is 1.99. The second-order valence-electron chi connectivity index (χ2n) is 6.06. The van der Waals surface area contributed by atoms with E-state index in [1.54, 1.807) is 0 Å². The molecule has 5 atom stereocenters. The number of rotatable bonds is 1. The number of ketones is 2. The van der Waals surface area contributed by atoms with Gasteiger partial charge in [0.25, 0.3) is 0 Å². The lowest BCUT2D eigenvalue weighted by Gasteiger charge is -2.36. The average Bonchev–Trinajstić information content (AvgIpc) is 2.79. The van der Waals surface area contributed by atoms with Gasteiger partial charge in [0.05, 0.1) is 18.3 Å². The minimum atomic E-state index is -0.455. The predicted molar refractivity (Wildman–Crippen MR) is 62.7 cm³/mol. The third kappa shape index (κ3) is 1.91. The summed E-state index contributed by atoms with van der Waals surface area (Å²) >= 11 is 0. The predicted octanol–water partition coefficient (Wildman–Crippen LogP) is 0.897. The van der Waals surface area contributed by atoms with Crippen molar-refractivity contribution in [3.63, 3.8) is 0 Å². The lowest BCUT2D eigenvalue weighted by molar-refractivity contribution is -0.153. The highest BCUT2D eigenvalue weighted by Crippen LogP contribution is 2.47. The molecule has 5 unspecified atom stereocenters. The molecule has 3 rings (SSSR count). The summed E-state index contributed by atoms with van der Waals surface area (Å²) < 4.78 is 4.69. The number of cyclic esters (lactones) is 2. The number of hydrogen-bond acceptors (Lipinski definition) is 5. The van der Waals surface area contributed by atoms with Crippen molar-refractivity contribution < 1.29 is 23.9 Å². The highest BCUT2D eigenvalue weighted by atomic mass is 16.6. The minimum absolute atomic E-state index is 0.00186. The molecule has 3 aliphatic rings. The zero-order chi connectivity index (χ0) is 13.7. The lowest BCUT2D eigenvalue weighted by atomic mass is 9.65. The van der Waals surface area contributed by atoms with E-state index in [-0.39, 0.29) is 41.7 Å². The van der Waals surface area contributed by atoms with Crippen LogP contribution in [-0.4, -0.2) is 23.5 Å². The molecule has 3 fully saturated rings. The Morgan fingerprint density at radius 1 is 0.947 bits per heavy atom. The quantitative estimate of drug-likeness (QED) is 0.519. The van der Waals surface area contributed by atoms with E-state index in [0.29, 0.717) is 19.3 Å². The van der Waals surface area contributed by atoms with Crippen LogP contribution in [0.1, 0.15) is 32.6 Å². The van der Waals surface area contributed by atoms with E-state index in [2.05, 4.69) is 4.74 Å². The van der Waals surface area contributed by atoms with Gasteiger partial charge in [-0.1, -0.05) is 6.92 Å². The molecular formula is C14H16O5. The molecule has 2 saturated carbocycles. The molecule has 0 radical (unpaired) electrons. The molecule has 0 aromatic carbocycles. The summed E-state index contributed by atoms with van der Waals surface area (Å²) in [5.41, 5.74) is 0. The van der Waals surface area contributed by atoms with E-state index < -0.39 is 17.9 Å².